The molecule has 5 nitrogen and oxygen atoms in total. The maximum absolute atomic E-state index is 12.2. The molecule has 3 rings (SSSR count). The van der Waals surface area contributed by atoms with Gasteiger partial charge in [0.05, 0.1) is 5.36 Å². The molecule has 0 bridgehead atoms. The molecule has 1 N–H and O–H groups in total. The second kappa shape index (κ2) is 4.13. The Morgan fingerprint density at radius 2 is 2.17 bits per heavy atom. The third-order valence-electron chi connectivity index (χ3n) is 2.90. The molecule has 18 heavy (non-hydrogen) atoms. The lowest BCUT2D eigenvalue weighted by Crippen LogP contribution is -2.51. The Hall–Kier alpha value is -1.82. The first kappa shape index (κ1) is 11.3. The van der Waals surface area contributed by atoms with Crippen LogP contribution in [-0.2, 0) is 4.79 Å². The number of carbonyl (C=O) groups excluding carboxylic acids is 1. The quantitative estimate of drug-likeness (QED) is 0.705. The molecule has 1 atom stereocenters. The number of rotatable bonds is 0. The summed E-state index contributed by atoms with van der Waals surface area (Å²) in [6.45, 7) is 1.93. The fourth-order valence-corrected chi connectivity index (χ4v) is 2.45. The van der Waals surface area contributed by atoms with E-state index in [1.807, 2.05) is 37.4 Å². The molecule has 1 aromatic rings. The Morgan fingerprint density at radius 3 is 2.94 bits per heavy atom. The fourth-order valence-electron chi connectivity index (χ4n) is 2.08. The van der Waals surface area contributed by atoms with Crippen molar-refractivity contribution < 1.29 is 4.79 Å². The number of nitrogens with zero attached hydrogens (tertiary/aromatic N) is 3. The zero-order valence-corrected chi connectivity index (χ0v) is 10.9. The fraction of sp³-hybridized carbons (Fsp3) is 0.250. The van der Waals surface area contributed by atoms with Crippen LogP contribution in [0, 0.1) is 0 Å². The van der Waals surface area contributed by atoms with Crippen LogP contribution in [0.3, 0.4) is 0 Å². The van der Waals surface area contributed by atoms with Gasteiger partial charge in [-0.25, -0.2) is 5.01 Å². The minimum atomic E-state index is -0.164. The van der Waals surface area contributed by atoms with Gasteiger partial charge in [0.15, 0.2) is 5.17 Å². The number of benzene rings is 1. The summed E-state index contributed by atoms with van der Waals surface area (Å²) in [7, 11) is 0. The van der Waals surface area contributed by atoms with E-state index in [1.165, 1.54) is 11.8 Å². The number of hydrazone groups is 1. The molecule has 0 radical (unpaired) electrons. The molecular formula is C12H12N4OS. The normalized spacial score (nSPS) is 21.6. The summed E-state index contributed by atoms with van der Waals surface area (Å²) in [5.74, 6) is -0.122. The van der Waals surface area contributed by atoms with E-state index in [1.54, 1.807) is 5.01 Å². The van der Waals surface area contributed by atoms with E-state index in [2.05, 4.69) is 15.4 Å². The second-order valence-corrected chi connectivity index (χ2v) is 4.83. The van der Waals surface area contributed by atoms with Crippen LogP contribution in [0.1, 0.15) is 6.92 Å². The van der Waals surface area contributed by atoms with Crippen molar-refractivity contribution in [1.82, 2.24) is 10.3 Å². The van der Waals surface area contributed by atoms with E-state index < -0.39 is 0 Å². The van der Waals surface area contributed by atoms with Gasteiger partial charge >= 0.3 is 0 Å². The largest absolute Gasteiger partial charge is 0.298 e. The predicted octanol–water partition coefficient (Wildman–Crippen LogP) is -0.160. The van der Waals surface area contributed by atoms with Crippen molar-refractivity contribution in [3.05, 3.63) is 34.8 Å². The van der Waals surface area contributed by atoms with E-state index in [-0.39, 0.29) is 12.1 Å². The van der Waals surface area contributed by atoms with Gasteiger partial charge in [-0.05, 0) is 19.2 Å². The van der Waals surface area contributed by atoms with Crippen LogP contribution in [0.2, 0.25) is 0 Å². The van der Waals surface area contributed by atoms with Crippen molar-refractivity contribution in [2.75, 3.05) is 6.26 Å². The molecule has 6 heteroatoms. The molecule has 0 spiro atoms. The second-order valence-electron chi connectivity index (χ2n) is 4.03. The van der Waals surface area contributed by atoms with Crippen molar-refractivity contribution in [3.63, 3.8) is 0 Å². The van der Waals surface area contributed by atoms with Gasteiger partial charge in [0.25, 0.3) is 5.91 Å². The molecule has 0 saturated carbocycles. The number of nitrogens with one attached hydrogen (secondary N) is 1. The third kappa shape index (κ3) is 1.60. The van der Waals surface area contributed by atoms with Crippen molar-refractivity contribution in [2.24, 2.45) is 10.1 Å². The van der Waals surface area contributed by atoms with Crippen molar-refractivity contribution >= 4 is 28.5 Å². The molecule has 0 saturated heterocycles. The van der Waals surface area contributed by atoms with Crippen LogP contribution in [0.25, 0.3) is 5.70 Å². The number of carbonyl (C=O) groups is 1. The molecule has 0 aliphatic carbocycles. The van der Waals surface area contributed by atoms with E-state index in [9.17, 15) is 4.79 Å². The first-order chi connectivity index (χ1) is 8.70. The third-order valence-corrected chi connectivity index (χ3v) is 3.47. The summed E-state index contributed by atoms with van der Waals surface area (Å²) in [5, 5.41) is 11.1. The smallest absolute Gasteiger partial charge is 0.276 e. The monoisotopic (exact) mass is 260 g/mol. The molecule has 1 amide bonds. The summed E-state index contributed by atoms with van der Waals surface area (Å²) in [6, 6.07) is 7.63. The molecule has 92 valence electrons. The van der Waals surface area contributed by atoms with Crippen molar-refractivity contribution in [1.29, 1.82) is 0 Å². The van der Waals surface area contributed by atoms with Gasteiger partial charge < -0.3 is 0 Å². The number of hydrogen-bond donors (Lipinski definition) is 1. The van der Waals surface area contributed by atoms with Gasteiger partial charge in [-0.3, -0.25) is 15.1 Å². The van der Waals surface area contributed by atoms with E-state index in [0.29, 0.717) is 10.9 Å². The first-order valence-electron chi connectivity index (χ1n) is 5.61. The van der Waals surface area contributed by atoms with Gasteiger partial charge in [0.1, 0.15) is 11.9 Å². The van der Waals surface area contributed by atoms with Gasteiger partial charge in [-0.2, -0.15) is 0 Å². The maximum Gasteiger partial charge on any atom is 0.276 e. The van der Waals surface area contributed by atoms with Crippen LogP contribution in [0.15, 0.2) is 34.4 Å². The predicted molar refractivity (Wildman–Crippen MR) is 71.0 cm³/mol. The Kier molecular flexibility index (Phi) is 2.59. The standard InChI is InChI=1S/C12H12N4OS/c1-7-13-9-6-4-3-5-8(9)10-11(17)14-12(18-2)15-16(7)10/h3-7H,1-2H3,(H,14,15,17)/t7-/m0/s1. The molecule has 0 fully saturated rings. The van der Waals surface area contributed by atoms with Crippen molar-refractivity contribution in [3.8, 4) is 0 Å². The SMILES string of the molecule is CSC1=NN2C(=c3ccccc3=N[C@@H]2C)C(=O)N1. The Labute approximate surface area is 108 Å². The highest BCUT2D eigenvalue weighted by molar-refractivity contribution is 8.13. The van der Waals surface area contributed by atoms with Gasteiger partial charge in [0.2, 0.25) is 0 Å². The van der Waals surface area contributed by atoms with Gasteiger partial charge in [0, 0.05) is 5.22 Å². The Bertz CT molecular complexity index is 667. The highest BCUT2D eigenvalue weighted by Gasteiger charge is 2.30. The highest BCUT2D eigenvalue weighted by Crippen LogP contribution is 2.18. The lowest BCUT2D eigenvalue weighted by Gasteiger charge is -2.31. The molecule has 1 aromatic carbocycles. The van der Waals surface area contributed by atoms with Crippen molar-refractivity contribution in [2.45, 2.75) is 13.1 Å². The summed E-state index contributed by atoms with van der Waals surface area (Å²) in [5.41, 5.74) is 0.575. The number of amides is 1. The van der Waals surface area contributed by atoms with Gasteiger partial charge in [-0.1, -0.05) is 30.0 Å². The lowest BCUT2D eigenvalue weighted by molar-refractivity contribution is -0.116. The van der Waals surface area contributed by atoms with Gasteiger partial charge in [-0.15, -0.1) is 5.10 Å². The molecule has 2 aliphatic rings. The van der Waals surface area contributed by atoms with Crippen LogP contribution >= 0.6 is 11.8 Å². The number of para-hydroxylation sites is 1. The molecule has 2 aliphatic heterocycles. The molecule has 0 aromatic heterocycles. The summed E-state index contributed by atoms with van der Waals surface area (Å²) in [4.78, 5) is 16.7. The number of amidine groups is 1. The average Bonchev–Trinajstić information content (AvgIpc) is 2.38. The summed E-state index contributed by atoms with van der Waals surface area (Å²) < 4.78 is 0. The molecular weight excluding hydrogens is 248 g/mol. The zero-order valence-electron chi connectivity index (χ0n) is 10.0. The van der Waals surface area contributed by atoms with Crippen LogP contribution < -0.4 is 15.9 Å². The topological polar surface area (TPSA) is 57.1 Å². The van der Waals surface area contributed by atoms with E-state index >= 15 is 0 Å². The minimum absolute atomic E-state index is 0.122. The summed E-state index contributed by atoms with van der Waals surface area (Å²) in [6.07, 6.45) is 1.71. The summed E-state index contributed by atoms with van der Waals surface area (Å²) >= 11 is 1.41. The van der Waals surface area contributed by atoms with E-state index in [0.717, 1.165) is 10.6 Å². The minimum Gasteiger partial charge on any atom is -0.298 e. The first-order valence-corrected chi connectivity index (χ1v) is 6.83. The van der Waals surface area contributed by atoms with Crippen LogP contribution in [0.5, 0.6) is 0 Å². The molecule has 2 heterocycles. The van der Waals surface area contributed by atoms with E-state index in [4.69, 9.17) is 0 Å². The highest BCUT2D eigenvalue weighted by atomic mass is 32.2. The molecule has 0 unspecified atom stereocenters. The number of hydrogen-bond acceptors (Lipinski definition) is 5. The maximum atomic E-state index is 12.2. The Morgan fingerprint density at radius 1 is 1.39 bits per heavy atom. The van der Waals surface area contributed by atoms with Crippen LogP contribution in [0.4, 0.5) is 0 Å². The average molecular weight is 260 g/mol. The number of thioether (sulfide) groups is 1. The zero-order chi connectivity index (χ0) is 12.7. The van der Waals surface area contributed by atoms with Crippen LogP contribution in [-0.4, -0.2) is 28.5 Å². The number of fused-ring (bicyclic) bond motifs is 2. The Balaban J connectivity index is 2.31. The lowest BCUT2D eigenvalue weighted by atomic mass is 10.2.